The first-order valence-corrected chi connectivity index (χ1v) is 8.75. The van der Waals surface area contributed by atoms with E-state index in [4.69, 9.17) is 4.74 Å². The Kier molecular flexibility index (Phi) is 7.00. The van der Waals surface area contributed by atoms with Crippen molar-refractivity contribution in [3.63, 3.8) is 0 Å². The van der Waals surface area contributed by atoms with Crippen LogP contribution in [0.1, 0.15) is 38.7 Å². The Balaban J connectivity index is 2.20. The molecule has 0 spiro atoms. The summed E-state index contributed by atoms with van der Waals surface area (Å²) in [5.74, 6) is 0.327. The Bertz CT molecular complexity index is 553. The van der Waals surface area contributed by atoms with Crippen LogP contribution in [0.15, 0.2) is 36.4 Å². The molecule has 1 aliphatic rings. The van der Waals surface area contributed by atoms with Gasteiger partial charge in [0, 0.05) is 13.1 Å². The minimum absolute atomic E-state index is 0.259. The molecule has 2 atom stereocenters. The maximum absolute atomic E-state index is 12.1. The number of hydrogen-bond donors (Lipinski definition) is 1. The summed E-state index contributed by atoms with van der Waals surface area (Å²) in [7, 11) is 1.41. The van der Waals surface area contributed by atoms with Crippen LogP contribution in [-0.2, 0) is 9.53 Å². The summed E-state index contributed by atoms with van der Waals surface area (Å²) in [4.78, 5) is 14.2. The Hall–Kier alpha value is -1.65. The van der Waals surface area contributed by atoms with Crippen LogP contribution in [0.4, 0.5) is 0 Å². The second-order valence-electron chi connectivity index (χ2n) is 6.91. The number of methoxy groups -OCH3 is 1. The highest BCUT2D eigenvalue weighted by Gasteiger charge is 2.33. The lowest BCUT2D eigenvalue weighted by atomic mass is 9.96. The number of nitrogens with zero attached hydrogens (tertiary/aromatic N) is 1. The number of aliphatic hydroxyl groups is 1. The molecule has 1 fully saturated rings. The van der Waals surface area contributed by atoms with Crippen LogP contribution in [-0.4, -0.2) is 48.3 Å². The van der Waals surface area contributed by atoms with Gasteiger partial charge >= 0.3 is 5.97 Å². The lowest BCUT2D eigenvalue weighted by molar-refractivity contribution is -0.149. The SMILES string of the molecule is COC(=O)[C@H]1C[C@@H](O)CCN1CC(=CCC(C)C)c1ccccc1. The number of aliphatic hydroxyl groups excluding tert-OH is 1. The van der Waals surface area contributed by atoms with Crippen molar-refractivity contribution < 1.29 is 14.6 Å². The zero-order chi connectivity index (χ0) is 17.5. The van der Waals surface area contributed by atoms with Gasteiger partial charge in [0.2, 0.25) is 0 Å². The predicted octanol–water partition coefficient (Wildman–Crippen LogP) is 3.11. The predicted molar refractivity (Wildman–Crippen MR) is 96.5 cm³/mol. The number of carbonyl (C=O) groups is 1. The van der Waals surface area contributed by atoms with Gasteiger partial charge in [0.05, 0.1) is 13.2 Å². The normalized spacial score (nSPS) is 22.6. The summed E-state index contributed by atoms with van der Waals surface area (Å²) in [6, 6.07) is 9.94. The standard InChI is InChI=1S/C20H29NO3/c1-15(2)9-10-17(16-7-5-4-6-8-16)14-21-12-11-18(22)13-19(21)20(23)24-3/h4-8,10,15,18-19,22H,9,11-14H2,1-3H3/t18-,19+/m0/s1. The van der Waals surface area contributed by atoms with Crippen LogP contribution in [0.2, 0.25) is 0 Å². The number of esters is 1. The van der Waals surface area contributed by atoms with E-state index in [2.05, 4.69) is 37.0 Å². The van der Waals surface area contributed by atoms with E-state index >= 15 is 0 Å². The Labute approximate surface area is 145 Å². The fraction of sp³-hybridized carbons (Fsp3) is 0.550. The molecule has 0 radical (unpaired) electrons. The van der Waals surface area contributed by atoms with E-state index in [-0.39, 0.29) is 12.0 Å². The smallest absolute Gasteiger partial charge is 0.323 e. The number of likely N-dealkylation sites (tertiary alicyclic amines) is 1. The summed E-state index contributed by atoms with van der Waals surface area (Å²) in [5.41, 5.74) is 2.42. The van der Waals surface area contributed by atoms with Gasteiger partial charge in [-0.15, -0.1) is 0 Å². The van der Waals surface area contributed by atoms with Crippen molar-refractivity contribution in [2.24, 2.45) is 5.92 Å². The van der Waals surface area contributed by atoms with Crippen LogP contribution in [0.25, 0.3) is 5.57 Å². The molecule has 0 aromatic heterocycles. The molecule has 24 heavy (non-hydrogen) atoms. The maximum Gasteiger partial charge on any atom is 0.323 e. The molecule has 0 unspecified atom stereocenters. The van der Waals surface area contributed by atoms with Gasteiger partial charge in [-0.25, -0.2) is 0 Å². The molecular formula is C20H29NO3. The molecule has 0 amide bonds. The quantitative estimate of drug-likeness (QED) is 0.814. The fourth-order valence-corrected chi connectivity index (χ4v) is 3.09. The molecule has 1 aromatic carbocycles. The third-order valence-electron chi connectivity index (χ3n) is 4.51. The Morgan fingerprint density at radius 1 is 1.38 bits per heavy atom. The molecule has 0 saturated carbocycles. The number of rotatable bonds is 6. The van der Waals surface area contributed by atoms with E-state index in [9.17, 15) is 9.90 Å². The molecule has 4 nitrogen and oxygen atoms in total. The van der Waals surface area contributed by atoms with Crippen LogP contribution in [0.3, 0.4) is 0 Å². The second kappa shape index (κ2) is 9.00. The van der Waals surface area contributed by atoms with Crippen LogP contribution < -0.4 is 0 Å². The minimum atomic E-state index is -0.426. The first-order valence-electron chi connectivity index (χ1n) is 8.75. The molecule has 132 valence electrons. The van der Waals surface area contributed by atoms with Gasteiger partial charge in [0.15, 0.2) is 0 Å². The summed E-state index contributed by atoms with van der Waals surface area (Å²) in [6.07, 6.45) is 3.99. The number of carbonyl (C=O) groups excluding carboxylic acids is 1. The number of allylic oxidation sites excluding steroid dienone is 1. The van der Waals surface area contributed by atoms with Gasteiger partial charge in [-0.2, -0.15) is 0 Å². The van der Waals surface area contributed by atoms with Crippen molar-refractivity contribution in [1.29, 1.82) is 0 Å². The molecular weight excluding hydrogens is 302 g/mol. The third-order valence-corrected chi connectivity index (χ3v) is 4.51. The molecule has 1 heterocycles. The monoisotopic (exact) mass is 331 g/mol. The Morgan fingerprint density at radius 3 is 2.71 bits per heavy atom. The van der Waals surface area contributed by atoms with Crippen molar-refractivity contribution in [3.05, 3.63) is 42.0 Å². The zero-order valence-corrected chi connectivity index (χ0v) is 14.9. The first kappa shape index (κ1) is 18.7. The molecule has 2 rings (SSSR count). The van der Waals surface area contributed by atoms with Crippen molar-refractivity contribution in [2.75, 3.05) is 20.2 Å². The summed E-state index contributed by atoms with van der Waals surface area (Å²) >= 11 is 0. The average molecular weight is 331 g/mol. The van der Waals surface area contributed by atoms with E-state index in [1.54, 1.807) is 0 Å². The van der Waals surface area contributed by atoms with Crippen LogP contribution >= 0.6 is 0 Å². The summed E-state index contributed by atoms with van der Waals surface area (Å²) in [6.45, 7) is 5.80. The highest BCUT2D eigenvalue weighted by molar-refractivity contribution is 5.76. The van der Waals surface area contributed by atoms with Gasteiger partial charge in [0.1, 0.15) is 6.04 Å². The molecule has 1 N–H and O–H groups in total. The topological polar surface area (TPSA) is 49.8 Å². The van der Waals surface area contributed by atoms with Crippen molar-refractivity contribution >= 4 is 11.5 Å². The van der Waals surface area contributed by atoms with E-state index < -0.39 is 6.10 Å². The van der Waals surface area contributed by atoms with Crippen LogP contribution in [0.5, 0.6) is 0 Å². The molecule has 0 aliphatic carbocycles. The van der Waals surface area contributed by atoms with Crippen molar-refractivity contribution in [3.8, 4) is 0 Å². The zero-order valence-electron chi connectivity index (χ0n) is 14.9. The highest BCUT2D eigenvalue weighted by Crippen LogP contribution is 2.24. The third kappa shape index (κ3) is 5.18. The Morgan fingerprint density at radius 2 is 2.08 bits per heavy atom. The largest absolute Gasteiger partial charge is 0.468 e. The number of ether oxygens (including phenoxy) is 1. The van der Waals surface area contributed by atoms with Crippen molar-refractivity contribution in [1.82, 2.24) is 4.90 Å². The molecule has 0 bridgehead atoms. The van der Waals surface area contributed by atoms with Gasteiger partial charge in [-0.1, -0.05) is 50.3 Å². The molecule has 1 aliphatic heterocycles. The molecule has 4 heteroatoms. The molecule has 1 aromatic rings. The second-order valence-corrected chi connectivity index (χ2v) is 6.91. The van der Waals surface area contributed by atoms with Gasteiger partial charge < -0.3 is 9.84 Å². The van der Waals surface area contributed by atoms with E-state index in [0.29, 0.717) is 31.8 Å². The van der Waals surface area contributed by atoms with Crippen molar-refractivity contribution in [2.45, 2.75) is 45.3 Å². The fourth-order valence-electron chi connectivity index (χ4n) is 3.09. The van der Waals surface area contributed by atoms with Crippen LogP contribution in [0, 0.1) is 5.92 Å². The maximum atomic E-state index is 12.1. The number of piperidine rings is 1. The first-order chi connectivity index (χ1) is 11.5. The summed E-state index contributed by atoms with van der Waals surface area (Å²) < 4.78 is 4.94. The number of hydrogen-bond acceptors (Lipinski definition) is 4. The van der Waals surface area contributed by atoms with E-state index in [1.807, 2.05) is 18.2 Å². The van der Waals surface area contributed by atoms with Gasteiger partial charge in [-0.3, -0.25) is 9.69 Å². The molecule has 1 saturated heterocycles. The lowest BCUT2D eigenvalue weighted by Gasteiger charge is -2.36. The number of benzene rings is 1. The highest BCUT2D eigenvalue weighted by atomic mass is 16.5. The van der Waals surface area contributed by atoms with Gasteiger partial charge in [0.25, 0.3) is 0 Å². The van der Waals surface area contributed by atoms with E-state index in [0.717, 1.165) is 6.42 Å². The lowest BCUT2D eigenvalue weighted by Crippen LogP contribution is -2.49. The summed E-state index contributed by atoms with van der Waals surface area (Å²) in [5, 5.41) is 9.92. The van der Waals surface area contributed by atoms with Gasteiger partial charge in [-0.05, 0) is 36.3 Å². The average Bonchev–Trinajstić information content (AvgIpc) is 2.59. The van der Waals surface area contributed by atoms with E-state index in [1.165, 1.54) is 18.2 Å². The minimum Gasteiger partial charge on any atom is -0.468 e.